The zero-order valence-electron chi connectivity index (χ0n) is 13.0. The number of rotatable bonds is 5. The quantitative estimate of drug-likeness (QED) is 0.627. The van der Waals surface area contributed by atoms with Crippen molar-refractivity contribution in [1.29, 1.82) is 0 Å². The summed E-state index contributed by atoms with van der Waals surface area (Å²) in [5, 5.41) is 10.7. The fraction of sp³-hybridized carbons (Fsp3) is 0.353. The molecule has 0 spiro atoms. The first-order chi connectivity index (χ1) is 11.2. The molecule has 1 atom stereocenters. The lowest BCUT2D eigenvalue weighted by Gasteiger charge is -2.16. The van der Waals surface area contributed by atoms with Crippen LogP contribution in [-0.4, -0.2) is 35.0 Å². The van der Waals surface area contributed by atoms with E-state index in [-0.39, 0.29) is 5.69 Å². The lowest BCUT2D eigenvalue weighted by atomic mass is 10.0. The fourth-order valence-electron chi connectivity index (χ4n) is 2.95. The van der Waals surface area contributed by atoms with Crippen molar-refractivity contribution in [3.8, 4) is 5.75 Å². The van der Waals surface area contributed by atoms with E-state index in [1.54, 1.807) is 13.2 Å². The summed E-state index contributed by atoms with van der Waals surface area (Å²) in [7, 11) is 1.66. The zero-order chi connectivity index (χ0) is 16.2. The molecule has 23 heavy (non-hydrogen) atoms. The van der Waals surface area contributed by atoms with E-state index in [1.807, 2.05) is 12.1 Å². The summed E-state index contributed by atoms with van der Waals surface area (Å²) >= 11 is 0. The molecule has 6 heteroatoms. The summed E-state index contributed by atoms with van der Waals surface area (Å²) in [6.07, 6.45) is 2.38. The molecular weight excluding hydrogens is 294 g/mol. The molecule has 1 fully saturated rings. The van der Waals surface area contributed by atoms with E-state index in [4.69, 9.17) is 4.74 Å². The van der Waals surface area contributed by atoms with Crippen LogP contribution in [0.1, 0.15) is 23.6 Å². The first-order valence-corrected chi connectivity index (χ1v) is 7.61. The second-order valence-electron chi connectivity index (χ2n) is 5.77. The normalized spacial score (nSPS) is 18.0. The first kappa shape index (κ1) is 15.4. The summed E-state index contributed by atoms with van der Waals surface area (Å²) in [4.78, 5) is 16.9. The zero-order valence-corrected chi connectivity index (χ0v) is 13.0. The average molecular weight is 313 g/mol. The number of nitro groups is 1. The van der Waals surface area contributed by atoms with Gasteiger partial charge < -0.3 is 4.74 Å². The molecule has 1 saturated heterocycles. The number of hydrogen-bond donors (Lipinski definition) is 0. The molecule has 0 amide bonds. The van der Waals surface area contributed by atoms with Crippen LogP contribution in [0.15, 0.2) is 42.6 Å². The van der Waals surface area contributed by atoms with Gasteiger partial charge in [-0.3, -0.25) is 20.0 Å². The second-order valence-corrected chi connectivity index (χ2v) is 5.77. The average Bonchev–Trinajstić information content (AvgIpc) is 3.04. The van der Waals surface area contributed by atoms with Crippen LogP contribution in [0.2, 0.25) is 0 Å². The van der Waals surface area contributed by atoms with Crippen LogP contribution in [-0.2, 0) is 6.54 Å². The summed E-state index contributed by atoms with van der Waals surface area (Å²) < 4.78 is 5.17. The first-order valence-electron chi connectivity index (χ1n) is 7.61. The molecular formula is C17H19N3O3. The van der Waals surface area contributed by atoms with Crippen molar-refractivity contribution < 1.29 is 9.66 Å². The van der Waals surface area contributed by atoms with E-state index in [0.717, 1.165) is 37.5 Å². The summed E-state index contributed by atoms with van der Waals surface area (Å²) in [6.45, 7) is 2.83. The van der Waals surface area contributed by atoms with Gasteiger partial charge in [0.2, 0.25) is 0 Å². The van der Waals surface area contributed by atoms with Gasteiger partial charge in [-0.25, -0.2) is 0 Å². The predicted molar refractivity (Wildman–Crippen MR) is 86.5 cm³/mol. The van der Waals surface area contributed by atoms with E-state index in [2.05, 4.69) is 22.0 Å². The van der Waals surface area contributed by atoms with Crippen LogP contribution in [0.25, 0.3) is 0 Å². The van der Waals surface area contributed by atoms with E-state index < -0.39 is 4.92 Å². The van der Waals surface area contributed by atoms with Crippen molar-refractivity contribution in [1.82, 2.24) is 9.88 Å². The maximum Gasteiger partial charge on any atom is 0.287 e. The van der Waals surface area contributed by atoms with Crippen LogP contribution >= 0.6 is 0 Å². The van der Waals surface area contributed by atoms with Gasteiger partial charge in [-0.2, -0.15) is 0 Å². The summed E-state index contributed by atoms with van der Waals surface area (Å²) in [5.41, 5.74) is 2.23. The molecule has 0 bridgehead atoms. The molecule has 0 saturated carbocycles. The molecule has 0 aliphatic carbocycles. The number of hydrogen-bond acceptors (Lipinski definition) is 5. The molecule has 6 nitrogen and oxygen atoms in total. The number of methoxy groups -OCH3 is 1. The van der Waals surface area contributed by atoms with Gasteiger partial charge in [-0.05, 0) is 36.7 Å². The number of ether oxygens (including phenoxy) is 1. The standard InChI is InChI=1S/C17H19N3O3/c1-23-16-5-2-13(3-6-16)11-19-9-8-14(12-19)17-7-4-15(10-18-17)20(21)22/h2-7,10,14H,8-9,11-12H2,1H3/t14-/m1/s1. The highest BCUT2D eigenvalue weighted by molar-refractivity contribution is 5.29. The van der Waals surface area contributed by atoms with Gasteiger partial charge in [0.05, 0.1) is 12.0 Å². The van der Waals surface area contributed by atoms with E-state index in [9.17, 15) is 10.1 Å². The molecule has 3 rings (SSSR count). The van der Waals surface area contributed by atoms with Gasteiger partial charge in [-0.15, -0.1) is 0 Å². The Morgan fingerprint density at radius 2 is 2.09 bits per heavy atom. The Morgan fingerprint density at radius 3 is 2.70 bits per heavy atom. The van der Waals surface area contributed by atoms with Gasteiger partial charge in [0.1, 0.15) is 11.9 Å². The molecule has 120 valence electrons. The third kappa shape index (κ3) is 3.65. The summed E-state index contributed by atoms with van der Waals surface area (Å²) in [5.74, 6) is 1.21. The molecule has 1 aromatic heterocycles. The minimum atomic E-state index is -0.415. The highest BCUT2D eigenvalue weighted by Gasteiger charge is 2.25. The van der Waals surface area contributed by atoms with Crippen LogP contribution in [0.3, 0.4) is 0 Å². The van der Waals surface area contributed by atoms with E-state index in [0.29, 0.717) is 5.92 Å². The Hall–Kier alpha value is -2.47. The number of aromatic nitrogens is 1. The van der Waals surface area contributed by atoms with Gasteiger partial charge in [0, 0.05) is 30.8 Å². The van der Waals surface area contributed by atoms with Crippen LogP contribution in [0.4, 0.5) is 5.69 Å². The van der Waals surface area contributed by atoms with Gasteiger partial charge in [-0.1, -0.05) is 12.1 Å². The second kappa shape index (κ2) is 6.75. The molecule has 2 heterocycles. The smallest absolute Gasteiger partial charge is 0.287 e. The van der Waals surface area contributed by atoms with Crippen molar-refractivity contribution in [2.45, 2.75) is 18.9 Å². The van der Waals surface area contributed by atoms with Crippen molar-refractivity contribution in [2.75, 3.05) is 20.2 Å². The lowest BCUT2D eigenvalue weighted by Crippen LogP contribution is -2.19. The van der Waals surface area contributed by atoms with Crippen LogP contribution < -0.4 is 4.74 Å². The van der Waals surface area contributed by atoms with Gasteiger partial charge >= 0.3 is 0 Å². The Balaban J connectivity index is 1.60. The number of pyridine rings is 1. The number of likely N-dealkylation sites (tertiary alicyclic amines) is 1. The Kier molecular flexibility index (Phi) is 4.52. The summed E-state index contributed by atoms with van der Waals surface area (Å²) in [6, 6.07) is 11.4. The Labute approximate surface area is 134 Å². The molecule has 1 aliphatic heterocycles. The van der Waals surface area contributed by atoms with Crippen molar-refractivity contribution >= 4 is 5.69 Å². The van der Waals surface area contributed by atoms with Crippen molar-refractivity contribution in [3.63, 3.8) is 0 Å². The Bertz CT molecular complexity index is 670. The molecule has 0 radical (unpaired) electrons. The van der Waals surface area contributed by atoms with Crippen molar-refractivity contribution in [3.05, 3.63) is 64.0 Å². The minimum Gasteiger partial charge on any atom is -0.497 e. The maximum absolute atomic E-state index is 10.7. The SMILES string of the molecule is COc1ccc(CN2CC[C@@H](c3ccc([N+](=O)[O-])cn3)C2)cc1. The van der Waals surface area contributed by atoms with Crippen LogP contribution in [0, 0.1) is 10.1 Å². The Morgan fingerprint density at radius 1 is 1.30 bits per heavy atom. The van der Waals surface area contributed by atoms with Crippen molar-refractivity contribution in [2.24, 2.45) is 0 Å². The molecule has 2 aromatic rings. The van der Waals surface area contributed by atoms with E-state index in [1.165, 1.54) is 17.8 Å². The fourth-order valence-corrected chi connectivity index (χ4v) is 2.95. The molecule has 1 aliphatic rings. The van der Waals surface area contributed by atoms with Gasteiger partial charge in [0.15, 0.2) is 0 Å². The number of benzene rings is 1. The molecule has 0 unspecified atom stereocenters. The third-order valence-electron chi connectivity index (χ3n) is 4.24. The largest absolute Gasteiger partial charge is 0.497 e. The van der Waals surface area contributed by atoms with Crippen LogP contribution in [0.5, 0.6) is 5.75 Å². The number of nitrogens with zero attached hydrogens (tertiary/aromatic N) is 3. The molecule has 1 aromatic carbocycles. The maximum atomic E-state index is 10.7. The topological polar surface area (TPSA) is 68.5 Å². The van der Waals surface area contributed by atoms with Gasteiger partial charge in [0.25, 0.3) is 5.69 Å². The predicted octanol–water partition coefficient (Wildman–Crippen LogP) is 2.99. The van der Waals surface area contributed by atoms with E-state index >= 15 is 0 Å². The highest BCUT2D eigenvalue weighted by atomic mass is 16.6. The third-order valence-corrected chi connectivity index (χ3v) is 4.24. The minimum absolute atomic E-state index is 0.0434. The lowest BCUT2D eigenvalue weighted by molar-refractivity contribution is -0.385. The molecule has 0 N–H and O–H groups in total. The highest BCUT2D eigenvalue weighted by Crippen LogP contribution is 2.28. The monoisotopic (exact) mass is 313 g/mol.